The Morgan fingerprint density at radius 1 is 1.03 bits per heavy atom. The summed E-state index contributed by atoms with van der Waals surface area (Å²) in [6.45, 7) is 7.74. The van der Waals surface area contributed by atoms with Gasteiger partial charge in [-0.15, -0.1) is 0 Å². The highest BCUT2D eigenvalue weighted by atomic mass is 79.9. The summed E-state index contributed by atoms with van der Waals surface area (Å²) in [6, 6.07) is 10.8. The van der Waals surface area contributed by atoms with Crippen molar-refractivity contribution < 1.29 is 4.57 Å². The number of hydrogen-bond donors (Lipinski definition) is 2. The first-order chi connectivity index (χ1) is 18.6. The molecule has 2 aromatic carbocycles. The van der Waals surface area contributed by atoms with Crippen LogP contribution >= 0.6 is 23.1 Å². The van der Waals surface area contributed by atoms with Crippen molar-refractivity contribution in [2.24, 2.45) is 0 Å². The van der Waals surface area contributed by atoms with Gasteiger partial charge in [-0.25, -0.2) is 4.98 Å². The second-order valence-corrected chi connectivity index (χ2v) is 14.6. The first kappa shape index (κ1) is 27.5. The van der Waals surface area contributed by atoms with Crippen molar-refractivity contribution in [1.82, 2.24) is 24.8 Å². The Balaban J connectivity index is 1.37. The molecule has 0 amide bonds. The summed E-state index contributed by atoms with van der Waals surface area (Å²) in [5.74, 6) is 1.01. The molecule has 39 heavy (non-hydrogen) atoms. The molecule has 1 saturated heterocycles. The molecule has 204 valence electrons. The van der Waals surface area contributed by atoms with Crippen molar-refractivity contribution in [3.63, 3.8) is 0 Å². The minimum absolute atomic E-state index is 0.456. The van der Waals surface area contributed by atoms with Gasteiger partial charge in [0.15, 0.2) is 0 Å². The Bertz CT molecular complexity index is 1550. The molecular weight excluding hydrogens is 575 g/mol. The average Bonchev–Trinajstić information content (AvgIpc) is 2.90. The zero-order valence-corrected chi connectivity index (χ0v) is 25.4. The van der Waals surface area contributed by atoms with Crippen LogP contribution in [0.1, 0.15) is 18.4 Å². The van der Waals surface area contributed by atoms with Crippen LogP contribution in [0, 0.1) is 6.92 Å². The van der Waals surface area contributed by atoms with E-state index in [-0.39, 0.29) is 0 Å². The first-order valence-electron chi connectivity index (χ1n) is 13.0. The summed E-state index contributed by atoms with van der Waals surface area (Å²) < 4.78 is 14.0. The maximum absolute atomic E-state index is 13.3. The number of anilines is 5. The number of aromatic nitrogens is 4. The quantitative estimate of drug-likeness (QED) is 0.254. The fraction of sp³-hybridized carbons (Fsp3) is 0.357. The second-order valence-electron chi connectivity index (χ2n) is 10.6. The van der Waals surface area contributed by atoms with Gasteiger partial charge in [0.1, 0.15) is 18.5 Å². The van der Waals surface area contributed by atoms with Gasteiger partial charge >= 0.3 is 0 Å². The van der Waals surface area contributed by atoms with E-state index in [2.05, 4.69) is 90.5 Å². The molecule has 4 aromatic rings. The molecule has 0 aliphatic carbocycles. The second kappa shape index (κ2) is 11.2. The van der Waals surface area contributed by atoms with Gasteiger partial charge in [0, 0.05) is 49.1 Å². The van der Waals surface area contributed by atoms with Crippen molar-refractivity contribution in [2.75, 3.05) is 56.0 Å². The summed E-state index contributed by atoms with van der Waals surface area (Å²) in [7, 11) is 1.63. The van der Waals surface area contributed by atoms with E-state index in [1.54, 1.807) is 31.9 Å². The van der Waals surface area contributed by atoms with E-state index in [0.29, 0.717) is 44.3 Å². The number of aryl methyl sites for hydroxylation is 1. The summed E-state index contributed by atoms with van der Waals surface area (Å²) in [6.07, 6.45) is 7.30. The molecule has 0 spiro atoms. The molecule has 1 aliphatic rings. The van der Waals surface area contributed by atoms with Crippen LogP contribution < -0.4 is 20.8 Å². The third-order valence-electron chi connectivity index (χ3n) is 7.14. The predicted molar refractivity (Wildman–Crippen MR) is 165 cm³/mol. The number of rotatable bonds is 7. The lowest BCUT2D eigenvalue weighted by Crippen LogP contribution is -2.42. The monoisotopic (exact) mass is 608 g/mol. The highest BCUT2D eigenvalue weighted by Crippen LogP contribution is 2.41. The van der Waals surface area contributed by atoms with Crippen molar-refractivity contribution in [2.45, 2.75) is 25.8 Å². The zero-order chi connectivity index (χ0) is 27.7. The molecule has 3 heterocycles. The third kappa shape index (κ3) is 6.08. The molecule has 9 nitrogen and oxygen atoms in total. The summed E-state index contributed by atoms with van der Waals surface area (Å²) in [5.41, 5.74) is 5.41. The van der Waals surface area contributed by atoms with Gasteiger partial charge in [0.05, 0.1) is 21.0 Å². The molecule has 0 unspecified atom stereocenters. The third-order valence-corrected chi connectivity index (χ3v) is 9.25. The normalized spacial score (nSPS) is 14.7. The van der Waals surface area contributed by atoms with Crippen molar-refractivity contribution >= 4 is 68.2 Å². The Morgan fingerprint density at radius 3 is 2.46 bits per heavy atom. The van der Waals surface area contributed by atoms with E-state index >= 15 is 0 Å². The van der Waals surface area contributed by atoms with Gasteiger partial charge in [-0.05, 0) is 99.0 Å². The fourth-order valence-corrected chi connectivity index (χ4v) is 6.83. The molecule has 11 heteroatoms. The highest BCUT2D eigenvalue weighted by Gasteiger charge is 2.23. The van der Waals surface area contributed by atoms with Crippen LogP contribution in [0.15, 0.2) is 53.4 Å². The number of benzene rings is 2. The van der Waals surface area contributed by atoms with Crippen LogP contribution in [-0.2, 0) is 4.57 Å². The van der Waals surface area contributed by atoms with Gasteiger partial charge in [-0.2, -0.15) is 4.98 Å². The van der Waals surface area contributed by atoms with Crippen molar-refractivity contribution in [3.8, 4) is 0 Å². The first-order valence-corrected chi connectivity index (χ1v) is 16.4. The predicted octanol–water partition coefficient (Wildman–Crippen LogP) is 5.76. The number of halogens is 1. The topological polar surface area (TPSA) is 99.2 Å². The lowest BCUT2D eigenvalue weighted by Gasteiger charge is -2.37. The van der Waals surface area contributed by atoms with E-state index in [9.17, 15) is 4.57 Å². The van der Waals surface area contributed by atoms with E-state index in [4.69, 9.17) is 4.98 Å². The Morgan fingerprint density at radius 2 is 1.77 bits per heavy atom. The minimum Gasteiger partial charge on any atom is -0.371 e. The molecule has 1 fully saturated rings. The van der Waals surface area contributed by atoms with Crippen LogP contribution in [0.2, 0.25) is 0 Å². The van der Waals surface area contributed by atoms with E-state index < -0.39 is 7.14 Å². The maximum Gasteiger partial charge on any atom is 0.229 e. The summed E-state index contributed by atoms with van der Waals surface area (Å²) in [5, 5.41) is 7.34. The van der Waals surface area contributed by atoms with Crippen LogP contribution in [0.25, 0.3) is 11.0 Å². The minimum atomic E-state index is -2.70. The van der Waals surface area contributed by atoms with Gasteiger partial charge in [-0.3, -0.25) is 9.97 Å². The number of nitrogens with one attached hydrogen (secondary N) is 2. The van der Waals surface area contributed by atoms with Gasteiger partial charge in [0.2, 0.25) is 5.95 Å². The molecule has 0 atom stereocenters. The summed E-state index contributed by atoms with van der Waals surface area (Å²) >= 11 is 3.56. The number of piperidine rings is 1. The van der Waals surface area contributed by atoms with Crippen LogP contribution in [0.5, 0.6) is 0 Å². The van der Waals surface area contributed by atoms with Crippen molar-refractivity contribution in [1.29, 1.82) is 0 Å². The van der Waals surface area contributed by atoms with Gasteiger partial charge < -0.3 is 25.0 Å². The number of nitrogens with zero attached hydrogens (tertiary/aromatic N) is 6. The van der Waals surface area contributed by atoms with Crippen LogP contribution in [-0.4, -0.2) is 71.4 Å². The van der Waals surface area contributed by atoms with E-state index in [0.717, 1.165) is 18.8 Å². The lowest BCUT2D eigenvalue weighted by molar-refractivity contribution is 0.249. The SMILES string of the molecule is Cc1cc(Nc2ncc(Br)c(Nc3ccc4nccnc4c3P(C)(C)=O)n2)ccc1N1CCC(N(C)C)CC1. The smallest absolute Gasteiger partial charge is 0.229 e. The Hall–Kier alpha value is -3.07. The molecular formula is C28H34BrN8OP. The fourth-order valence-electron chi connectivity index (χ4n) is 5.15. The summed E-state index contributed by atoms with van der Waals surface area (Å²) in [4.78, 5) is 22.8. The molecule has 5 rings (SSSR count). The molecule has 2 N–H and O–H groups in total. The molecule has 0 bridgehead atoms. The van der Waals surface area contributed by atoms with Gasteiger partial charge in [-0.1, -0.05) is 0 Å². The largest absolute Gasteiger partial charge is 0.371 e. The van der Waals surface area contributed by atoms with E-state index in [1.165, 1.54) is 24.1 Å². The van der Waals surface area contributed by atoms with E-state index in [1.807, 2.05) is 12.1 Å². The Kier molecular flexibility index (Phi) is 7.89. The zero-order valence-electron chi connectivity index (χ0n) is 22.9. The standard InChI is InChI=1S/C28H34BrN8OP/c1-18-16-19(6-9-24(18)37-14-10-20(11-15-37)36(2)3)33-28-32-17-21(29)27(35-28)34-23-8-7-22-25(31-13-12-30-22)26(23)39(4,5)38/h6-9,12-13,16-17,20H,10-11,14-15H2,1-5H3,(H2,32,33,34,35). The molecule has 0 saturated carbocycles. The van der Waals surface area contributed by atoms with Crippen LogP contribution in [0.4, 0.5) is 28.8 Å². The maximum atomic E-state index is 13.3. The van der Waals surface area contributed by atoms with Crippen LogP contribution in [0.3, 0.4) is 0 Å². The molecule has 1 aliphatic heterocycles. The molecule has 0 radical (unpaired) electrons. The number of hydrogen-bond acceptors (Lipinski definition) is 9. The van der Waals surface area contributed by atoms with Gasteiger partial charge in [0.25, 0.3) is 0 Å². The number of fused-ring (bicyclic) bond motifs is 1. The van der Waals surface area contributed by atoms with Crippen molar-refractivity contribution in [3.05, 3.63) is 59.0 Å². The molecule has 2 aromatic heterocycles. The Labute approximate surface area is 238 Å². The lowest BCUT2D eigenvalue weighted by atomic mass is 10.0. The average molecular weight is 610 g/mol. The highest BCUT2D eigenvalue weighted by molar-refractivity contribution is 9.10.